The first-order valence-corrected chi connectivity index (χ1v) is 9.64. The second-order valence-corrected chi connectivity index (χ2v) is 7.65. The molecule has 0 saturated carbocycles. The minimum atomic E-state index is 0.114. The number of H-pyrrole nitrogens is 1. The molecule has 1 aliphatic heterocycles. The van der Waals surface area contributed by atoms with Crippen molar-refractivity contribution in [2.45, 2.75) is 25.3 Å². The Morgan fingerprint density at radius 2 is 2.22 bits per heavy atom. The number of fused-ring (bicyclic) bond motifs is 1. The quantitative estimate of drug-likeness (QED) is 0.756. The van der Waals surface area contributed by atoms with Gasteiger partial charge < -0.3 is 19.4 Å². The highest BCUT2D eigenvalue weighted by Crippen LogP contribution is 2.27. The summed E-state index contributed by atoms with van der Waals surface area (Å²) in [6, 6.07) is 7.92. The molecule has 4 rings (SSSR count). The third kappa shape index (κ3) is 3.76. The van der Waals surface area contributed by atoms with Gasteiger partial charge in [-0.25, -0.2) is 4.98 Å². The average Bonchev–Trinajstić information content (AvgIpc) is 3.34. The zero-order chi connectivity index (χ0) is 18.8. The Hall–Kier alpha value is -2.60. The van der Waals surface area contributed by atoms with Crippen LogP contribution in [0.3, 0.4) is 0 Å². The van der Waals surface area contributed by atoms with Crippen molar-refractivity contribution in [3.05, 3.63) is 54.2 Å². The van der Waals surface area contributed by atoms with Gasteiger partial charge in [-0.1, -0.05) is 6.07 Å². The van der Waals surface area contributed by atoms with E-state index >= 15 is 0 Å². The van der Waals surface area contributed by atoms with E-state index in [0.717, 1.165) is 61.3 Å². The summed E-state index contributed by atoms with van der Waals surface area (Å²) >= 11 is 0. The van der Waals surface area contributed by atoms with Gasteiger partial charge in [-0.15, -0.1) is 0 Å². The van der Waals surface area contributed by atoms with E-state index in [4.69, 9.17) is 0 Å². The summed E-state index contributed by atoms with van der Waals surface area (Å²) in [6.07, 6.45) is 7.94. The van der Waals surface area contributed by atoms with Crippen molar-refractivity contribution >= 4 is 16.8 Å². The first kappa shape index (κ1) is 17.8. The fourth-order valence-electron chi connectivity index (χ4n) is 3.91. The van der Waals surface area contributed by atoms with Gasteiger partial charge >= 0.3 is 0 Å². The van der Waals surface area contributed by atoms with Crippen LogP contribution in [0.1, 0.15) is 34.9 Å². The number of hydrogen-bond acceptors (Lipinski definition) is 3. The number of carbonyl (C=O) groups is 1. The average molecular weight is 365 g/mol. The molecule has 1 amide bonds. The Kier molecular flexibility index (Phi) is 4.99. The van der Waals surface area contributed by atoms with E-state index in [1.54, 1.807) is 0 Å². The lowest BCUT2D eigenvalue weighted by Gasteiger charge is -2.33. The predicted octanol–water partition coefficient (Wildman–Crippen LogP) is 2.95. The number of nitrogens with one attached hydrogen (secondary N) is 1. The number of aromatic amines is 1. The van der Waals surface area contributed by atoms with Gasteiger partial charge in [0.1, 0.15) is 5.82 Å². The van der Waals surface area contributed by atoms with E-state index in [9.17, 15) is 4.79 Å². The van der Waals surface area contributed by atoms with Crippen molar-refractivity contribution in [3.63, 3.8) is 0 Å². The summed E-state index contributed by atoms with van der Waals surface area (Å²) in [5.41, 5.74) is 1.76. The van der Waals surface area contributed by atoms with Crippen LogP contribution < -0.4 is 0 Å². The highest BCUT2D eigenvalue weighted by molar-refractivity contribution is 5.98. The molecule has 0 aliphatic carbocycles. The number of amides is 1. The number of rotatable bonds is 5. The van der Waals surface area contributed by atoms with Crippen LogP contribution in [0.25, 0.3) is 10.9 Å². The lowest BCUT2D eigenvalue weighted by molar-refractivity contribution is 0.0703. The fourth-order valence-corrected chi connectivity index (χ4v) is 3.91. The number of benzene rings is 1. The Morgan fingerprint density at radius 1 is 1.33 bits per heavy atom. The molecule has 142 valence electrons. The monoisotopic (exact) mass is 365 g/mol. The molecule has 0 bridgehead atoms. The number of aromatic nitrogens is 3. The van der Waals surface area contributed by atoms with Crippen LogP contribution in [0.5, 0.6) is 0 Å². The van der Waals surface area contributed by atoms with E-state index < -0.39 is 0 Å². The standard InChI is InChI=1S/C21H27N5O/c1-24(2)12-13-25-11-9-23-20(25)18-4-3-10-26(15-18)21(27)17-6-5-16-7-8-22-19(16)14-17/h5-9,11,14,18,22H,3-4,10,12-13,15H2,1-2H3/t18-/m0/s1. The SMILES string of the molecule is CN(C)CCn1ccnc1[C@H]1CCCN(C(=O)c2ccc3cc[nH]c3c2)C1. The fraction of sp³-hybridized carbons (Fsp3) is 0.429. The summed E-state index contributed by atoms with van der Waals surface area (Å²) < 4.78 is 2.24. The number of carbonyl (C=O) groups excluding carboxylic acids is 1. The Bertz CT molecular complexity index is 925. The summed E-state index contributed by atoms with van der Waals surface area (Å²) in [7, 11) is 4.16. The van der Waals surface area contributed by atoms with Gasteiger partial charge in [-0.05, 0) is 50.5 Å². The summed E-state index contributed by atoms with van der Waals surface area (Å²) in [6.45, 7) is 3.46. The van der Waals surface area contributed by atoms with Gasteiger partial charge in [0.15, 0.2) is 0 Å². The highest BCUT2D eigenvalue weighted by atomic mass is 16.2. The molecule has 27 heavy (non-hydrogen) atoms. The number of nitrogens with zero attached hydrogens (tertiary/aromatic N) is 4. The van der Waals surface area contributed by atoms with Gasteiger partial charge in [-0.2, -0.15) is 0 Å². The maximum absolute atomic E-state index is 13.1. The molecule has 3 heterocycles. The van der Waals surface area contributed by atoms with E-state index in [-0.39, 0.29) is 5.91 Å². The zero-order valence-corrected chi connectivity index (χ0v) is 16.1. The van der Waals surface area contributed by atoms with Gasteiger partial charge in [0.25, 0.3) is 5.91 Å². The van der Waals surface area contributed by atoms with Crippen molar-refractivity contribution in [1.29, 1.82) is 0 Å². The molecule has 1 aromatic carbocycles. The minimum Gasteiger partial charge on any atom is -0.361 e. The molecule has 0 spiro atoms. The van der Waals surface area contributed by atoms with Crippen molar-refractivity contribution in [2.75, 3.05) is 33.7 Å². The maximum Gasteiger partial charge on any atom is 0.253 e. The maximum atomic E-state index is 13.1. The Balaban J connectivity index is 1.49. The number of likely N-dealkylation sites (N-methyl/N-ethyl adjacent to an activating group) is 1. The van der Waals surface area contributed by atoms with Gasteiger partial charge in [0, 0.05) is 61.8 Å². The Morgan fingerprint density at radius 3 is 3.07 bits per heavy atom. The van der Waals surface area contributed by atoms with Crippen LogP contribution in [0.2, 0.25) is 0 Å². The van der Waals surface area contributed by atoms with Crippen molar-refractivity contribution in [2.24, 2.45) is 0 Å². The van der Waals surface area contributed by atoms with Crippen LogP contribution in [-0.2, 0) is 6.54 Å². The molecule has 1 atom stereocenters. The highest BCUT2D eigenvalue weighted by Gasteiger charge is 2.28. The first-order chi connectivity index (χ1) is 13.1. The third-order valence-corrected chi connectivity index (χ3v) is 5.41. The molecule has 0 unspecified atom stereocenters. The van der Waals surface area contributed by atoms with E-state index in [0.29, 0.717) is 5.92 Å². The molecule has 6 nitrogen and oxygen atoms in total. The predicted molar refractivity (Wildman–Crippen MR) is 107 cm³/mol. The summed E-state index contributed by atoms with van der Waals surface area (Å²) in [4.78, 5) is 25.0. The second kappa shape index (κ2) is 7.56. The molecule has 0 radical (unpaired) electrons. The number of imidazole rings is 1. The normalized spacial score (nSPS) is 17.7. The topological polar surface area (TPSA) is 57.2 Å². The smallest absolute Gasteiger partial charge is 0.253 e. The molecule has 1 saturated heterocycles. The Labute approximate surface area is 159 Å². The molecule has 1 fully saturated rings. The lowest BCUT2D eigenvalue weighted by Crippen LogP contribution is -2.39. The van der Waals surface area contributed by atoms with Crippen molar-refractivity contribution < 1.29 is 4.79 Å². The molecule has 1 N–H and O–H groups in total. The van der Waals surface area contributed by atoms with E-state index in [1.807, 2.05) is 41.6 Å². The summed E-state index contributed by atoms with van der Waals surface area (Å²) in [5, 5.41) is 1.13. The van der Waals surface area contributed by atoms with Gasteiger partial charge in [0.05, 0.1) is 0 Å². The van der Waals surface area contributed by atoms with Crippen LogP contribution >= 0.6 is 0 Å². The van der Waals surface area contributed by atoms with Crippen molar-refractivity contribution in [3.8, 4) is 0 Å². The van der Waals surface area contributed by atoms with Crippen LogP contribution in [0, 0.1) is 0 Å². The second-order valence-electron chi connectivity index (χ2n) is 7.65. The van der Waals surface area contributed by atoms with Crippen LogP contribution in [-0.4, -0.2) is 64.0 Å². The van der Waals surface area contributed by atoms with Gasteiger partial charge in [0.2, 0.25) is 0 Å². The molecule has 2 aromatic heterocycles. The number of piperidine rings is 1. The van der Waals surface area contributed by atoms with Crippen molar-refractivity contribution in [1.82, 2.24) is 24.3 Å². The largest absolute Gasteiger partial charge is 0.361 e. The van der Waals surface area contributed by atoms with E-state index in [1.165, 1.54) is 0 Å². The van der Waals surface area contributed by atoms with Gasteiger partial charge in [-0.3, -0.25) is 4.79 Å². The number of hydrogen-bond donors (Lipinski definition) is 1. The van der Waals surface area contributed by atoms with E-state index in [2.05, 4.69) is 39.7 Å². The molecule has 1 aliphatic rings. The first-order valence-electron chi connectivity index (χ1n) is 9.64. The molecule has 6 heteroatoms. The molecule has 3 aromatic rings. The lowest BCUT2D eigenvalue weighted by atomic mass is 9.96. The van der Waals surface area contributed by atoms with Crippen LogP contribution in [0.4, 0.5) is 0 Å². The third-order valence-electron chi connectivity index (χ3n) is 5.41. The number of likely N-dealkylation sites (tertiary alicyclic amines) is 1. The molecular formula is C21H27N5O. The summed E-state index contributed by atoms with van der Waals surface area (Å²) in [5.74, 6) is 1.52. The minimum absolute atomic E-state index is 0.114. The zero-order valence-electron chi connectivity index (χ0n) is 16.1. The molecular weight excluding hydrogens is 338 g/mol. The van der Waals surface area contributed by atoms with Crippen LogP contribution in [0.15, 0.2) is 42.9 Å².